The normalized spacial score (nSPS) is 11.0. The lowest BCUT2D eigenvalue weighted by Crippen LogP contribution is -2.03. The average molecular weight is 262 g/mol. The van der Waals surface area contributed by atoms with Crippen molar-refractivity contribution in [3.63, 3.8) is 0 Å². The number of methoxy groups -OCH3 is 1. The van der Waals surface area contributed by atoms with Crippen molar-refractivity contribution >= 4 is 34.3 Å². The molecule has 0 amide bonds. The van der Waals surface area contributed by atoms with Crippen LogP contribution in [0.2, 0.25) is 5.15 Å². The molecule has 0 aliphatic heterocycles. The van der Waals surface area contributed by atoms with Gasteiger partial charge in [-0.05, 0) is 18.2 Å². The van der Waals surface area contributed by atoms with Gasteiger partial charge in [-0.15, -0.1) is 0 Å². The minimum atomic E-state index is -0.449. The van der Waals surface area contributed by atoms with Crippen LogP contribution in [-0.2, 0) is 4.74 Å². The van der Waals surface area contributed by atoms with Crippen molar-refractivity contribution in [1.29, 1.82) is 0 Å². The van der Waals surface area contributed by atoms with Crippen molar-refractivity contribution in [2.75, 3.05) is 7.11 Å². The smallest absolute Gasteiger partial charge is 0.339 e. The SMILES string of the molecule is COC(=O)c1cnc2c(c1)nc(Cl)c1cccn12. The van der Waals surface area contributed by atoms with Gasteiger partial charge in [-0.1, -0.05) is 11.6 Å². The van der Waals surface area contributed by atoms with Crippen LogP contribution in [0.4, 0.5) is 0 Å². The molecule has 6 heteroatoms. The molecule has 0 fully saturated rings. The summed E-state index contributed by atoms with van der Waals surface area (Å²) in [5, 5.41) is 0.372. The molecule has 0 spiro atoms. The van der Waals surface area contributed by atoms with Gasteiger partial charge in [0.1, 0.15) is 5.52 Å². The highest BCUT2D eigenvalue weighted by atomic mass is 35.5. The second kappa shape index (κ2) is 3.96. The van der Waals surface area contributed by atoms with Crippen LogP contribution in [0.15, 0.2) is 30.6 Å². The standard InChI is InChI=1S/C12H8ClN3O2/c1-18-12(17)7-5-8-11(14-6-7)16-4-2-3-9(16)10(13)15-8/h2-6H,1H3. The zero-order valence-corrected chi connectivity index (χ0v) is 10.2. The van der Waals surface area contributed by atoms with Crippen LogP contribution < -0.4 is 0 Å². The van der Waals surface area contributed by atoms with Gasteiger partial charge < -0.3 is 4.74 Å². The van der Waals surface area contributed by atoms with E-state index >= 15 is 0 Å². The van der Waals surface area contributed by atoms with Crippen molar-refractivity contribution in [1.82, 2.24) is 14.4 Å². The Bertz CT molecular complexity index is 766. The summed E-state index contributed by atoms with van der Waals surface area (Å²) in [4.78, 5) is 19.9. The molecule has 3 rings (SSSR count). The maximum absolute atomic E-state index is 11.4. The molecule has 0 aliphatic rings. The van der Waals surface area contributed by atoms with Gasteiger partial charge in [0.05, 0.1) is 18.2 Å². The first-order valence-electron chi connectivity index (χ1n) is 5.21. The lowest BCUT2D eigenvalue weighted by Gasteiger charge is -2.05. The van der Waals surface area contributed by atoms with E-state index in [2.05, 4.69) is 14.7 Å². The Morgan fingerprint density at radius 3 is 3.11 bits per heavy atom. The summed E-state index contributed by atoms with van der Waals surface area (Å²) in [5.41, 5.74) is 2.32. The first kappa shape index (κ1) is 11.0. The molecule has 0 saturated carbocycles. The van der Waals surface area contributed by atoms with Crippen molar-refractivity contribution < 1.29 is 9.53 Å². The summed E-state index contributed by atoms with van der Waals surface area (Å²) in [6.45, 7) is 0. The fourth-order valence-corrected chi connectivity index (χ4v) is 2.09. The molecule has 3 aromatic heterocycles. The van der Waals surface area contributed by atoms with E-state index in [0.717, 1.165) is 5.52 Å². The molecule has 18 heavy (non-hydrogen) atoms. The van der Waals surface area contributed by atoms with Crippen LogP contribution >= 0.6 is 11.6 Å². The van der Waals surface area contributed by atoms with Crippen LogP contribution in [0.1, 0.15) is 10.4 Å². The molecule has 0 radical (unpaired) electrons. The number of rotatable bonds is 1. The molecule has 0 unspecified atom stereocenters. The number of ether oxygens (including phenoxy) is 1. The molecule has 0 aromatic carbocycles. The molecular formula is C12H8ClN3O2. The van der Waals surface area contributed by atoms with Gasteiger partial charge in [-0.2, -0.15) is 0 Å². The molecule has 0 N–H and O–H groups in total. The molecule has 0 saturated heterocycles. The second-order valence-electron chi connectivity index (χ2n) is 3.72. The molecule has 3 aromatic rings. The Morgan fingerprint density at radius 1 is 1.50 bits per heavy atom. The minimum absolute atomic E-state index is 0.347. The number of carbonyl (C=O) groups is 1. The number of aromatic nitrogens is 3. The van der Waals surface area contributed by atoms with Crippen LogP contribution in [0, 0.1) is 0 Å². The van der Waals surface area contributed by atoms with Gasteiger partial charge in [0.25, 0.3) is 0 Å². The van der Waals surface area contributed by atoms with Crippen LogP contribution in [0.25, 0.3) is 16.7 Å². The first-order valence-corrected chi connectivity index (χ1v) is 5.59. The zero-order valence-electron chi connectivity index (χ0n) is 9.42. The Balaban J connectivity index is 2.35. The Hall–Kier alpha value is -2.14. The third kappa shape index (κ3) is 1.52. The molecular weight excluding hydrogens is 254 g/mol. The van der Waals surface area contributed by atoms with Crippen molar-refractivity contribution in [2.24, 2.45) is 0 Å². The van der Waals surface area contributed by atoms with Gasteiger partial charge in [0, 0.05) is 12.4 Å². The van der Waals surface area contributed by atoms with E-state index in [1.165, 1.54) is 13.3 Å². The number of halogens is 1. The number of esters is 1. The number of hydrogen-bond acceptors (Lipinski definition) is 4. The average Bonchev–Trinajstić information content (AvgIpc) is 2.87. The third-order valence-corrected chi connectivity index (χ3v) is 2.95. The van der Waals surface area contributed by atoms with Gasteiger partial charge in [0.15, 0.2) is 10.8 Å². The van der Waals surface area contributed by atoms with E-state index in [-0.39, 0.29) is 0 Å². The topological polar surface area (TPSA) is 56.5 Å². The monoisotopic (exact) mass is 261 g/mol. The van der Waals surface area contributed by atoms with E-state index in [1.54, 1.807) is 6.07 Å². The van der Waals surface area contributed by atoms with E-state index in [0.29, 0.717) is 21.9 Å². The first-order chi connectivity index (χ1) is 8.70. The summed E-state index contributed by atoms with van der Waals surface area (Å²) >= 11 is 6.07. The van der Waals surface area contributed by atoms with Gasteiger partial charge in [0.2, 0.25) is 0 Å². The highest BCUT2D eigenvalue weighted by molar-refractivity contribution is 6.33. The number of fused-ring (bicyclic) bond motifs is 3. The summed E-state index contributed by atoms with van der Waals surface area (Å²) in [7, 11) is 1.32. The lowest BCUT2D eigenvalue weighted by atomic mass is 10.2. The van der Waals surface area contributed by atoms with Gasteiger partial charge >= 0.3 is 5.97 Å². The summed E-state index contributed by atoms with van der Waals surface area (Å²) in [6, 6.07) is 5.32. The number of carbonyl (C=O) groups excluding carboxylic acids is 1. The molecule has 5 nitrogen and oxygen atoms in total. The summed E-state index contributed by atoms with van der Waals surface area (Å²) < 4.78 is 6.47. The second-order valence-corrected chi connectivity index (χ2v) is 4.08. The highest BCUT2D eigenvalue weighted by Crippen LogP contribution is 2.21. The molecule has 0 aliphatic carbocycles. The van der Waals surface area contributed by atoms with Crippen LogP contribution in [-0.4, -0.2) is 27.4 Å². The van der Waals surface area contributed by atoms with E-state index in [9.17, 15) is 4.79 Å². The van der Waals surface area contributed by atoms with Gasteiger partial charge in [-0.25, -0.2) is 14.8 Å². The predicted molar refractivity (Wildman–Crippen MR) is 66.8 cm³/mol. The highest BCUT2D eigenvalue weighted by Gasteiger charge is 2.11. The quantitative estimate of drug-likeness (QED) is 0.631. The molecule has 3 heterocycles. The lowest BCUT2D eigenvalue weighted by molar-refractivity contribution is 0.0600. The molecule has 90 valence electrons. The molecule has 0 bridgehead atoms. The Labute approximate surface area is 107 Å². The number of hydrogen-bond donors (Lipinski definition) is 0. The summed E-state index contributed by atoms with van der Waals surface area (Å²) in [6.07, 6.45) is 3.30. The van der Waals surface area contributed by atoms with Crippen LogP contribution in [0.5, 0.6) is 0 Å². The summed E-state index contributed by atoms with van der Waals surface area (Å²) in [5.74, 6) is -0.449. The fraction of sp³-hybridized carbons (Fsp3) is 0.0833. The number of nitrogens with zero attached hydrogens (tertiary/aromatic N) is 3. The van der Waals surface area contributed by atoms with Crippen molar-refractivity contribution in [3.8, 4) is 0 Å². The van der Waals surface area contributed by atoms with Crippen LogP contribution in [0.3, 0.4) is 0 Å². The van der Waals surface area contributed by atoms with Crippen molar-refractivity contribution in [2.45, 2.75) is 0 Å². The van der Waals surface area contributed by atoms with Crippen molar-refractivity contribution in [3.05, 3.63) is 41.3 Å². The maximum Gasteiger partial charge on any atom is 0.339 e. The van der Waals surface area contributed by atoms with E-state index < -0.39 is 5.97 Å². The minimum Gasteiger partial charge on any atom is -0.465 e. The number of pyridine rings is 1. The Kier molecular flexibility index (Phi) is 2.41. The zero-order chi connectivity index (χ0) is 12.7. The predicted octanol–water partition coefficient (Wildman–Crippen LogP) is 2.32. The van der Waals surface area contributed by atoms with Gasteiger partial charge in [-0.3, -0.25) is 4.40 Å². The van der Waals surface area contributed by atoms with E-state index in [1.807, 2.05) is 22.7 Å². The third-order valence-electron chi connectivity index (χ3n) is 2.68. The van der Waals surface area contributed by atoms with E-state index in [4.69, 9.17) is 11.6 Å². The largest absolute Gasteiger partial charge is 0.465 e. The Morgan fingerprint density at radius 2 is 2.33 bits per heavy atom. The fourth-order valence-electron chi connectivity index (χ4n) is 1.84. The maximum atomic E-state index is 11.4. The molecule has 0 atom stereocenters.